The van der Waals surface area contributed by atoms with Gasteiger partial charge in [0, 0.05) is 42.4 Å². The molecule has 150 valence electrons. The summed E-state index contributed by atoms with van der Waals surface area (Å²) in [4.78, 5) is 33.4. The predicted octanol–water partition coefficient (Wildman–Crippen LogP) is 2.52. The van der Waals surface area contributed by atoms with Crippen LogP contribution in [-0.2, 0) is 0 Å². The number of aryl methyl sites for hydroxylation is 1. The molecule has 3 rings (SSSR count). The van der Waals surface area contributed by atoms with Crippen molar-refractivity contribution in [3.05, 3.63) is 65.4 Å². The summed E-state index contributed by atoms with van der Waals surface area (Å²) in [5.74, 6) is 0. The van der Waals surface area contributed by atoms with Crippen LogP contribution in [0, 0.1) is 6.92 Å². The lowest BCUT2D eigenvalue weighted by Gasteiger charge is -2.17. The number of aldehydes is 1. The lowest BCUT2D eigenvalue weighted by atomic mass is 10.0. The molecule has 1 saturated heterocycles. The maximum atomic E-state index is 12.3. The van der Waals surface area contributed by atoms with Crippen molar-refractivity contribution < 1.29 is 9.59 Å². The molecule has 1 fully saturated rings. The zero-order valence-corrected chi connectivity index (χ0v) is 16.3. The Morgan fingerprint density at radius 1 is 1.24 bits per heavy atom. The molecule has 8 heteroatoms. The standard InChI is InChI=1S/C21H24N6O2/c1-14-19(10-17(12-25-14)26-21(29)27-6-2-3-7-27)20(23)9-16(11-22)15-4-5-24-18(8-15)13-28/h4-5,8-13H,2-3,6-7,22-23H2,1H3,(H,26,29)/b16-11+,20-9-. The van der Waals surface area contributed by atoms with Gasteiger partial charge in [0.15, 0.2) is 6.29 Å². The third-order valence-electron chi connectivity index (χ3n) is 4.77. The summed E-state index contributed by atoms with van der Waals surface area (Å²) in [6, 6.07) is 5.03. The second-order valence-electron chi connectivity index (χ2n) is 6.79. The SMILES string of the molecule is Cc1ncc(NC(=O)N2CCCC2)cc1/C(N)=C/C(=C\N)c1ccnc(C=O)c1. The largest absolute Gasteiger partial charge is 0.404 e. The molecular formula is C21H24N6O2. The number of pyridine rings is 2. The van der Waals surface area contributed by atoms with Crippen molar-refractivity contribution in [1.82, 2.24) is 14.9 Å². The van der Waals surface area contributed by atoms with Gasteiger partial charge in [-0.05, 0) is 55.2 Å². The summed E-state index contributed by atoms with van der Waals surface area (Å²) in [6.07, 6.45) is 8.99. The van der Waals surface area contributed by atoms with Crippen molar-refractivity contribution >= 4 is 29.3 Å². The van der Waals surface area contributed by atoms with E-state index < -0.39 is 0 Å². The fraction of sp³-hybridized carbons (Fsp3) is 0.238. The molecule has 29 heavy (non-hydrogen) atoms. The van der Waals surface area contributed by atoms with Crippen LogP contribution < -0.4 is 16.8 Å². The number of amides is 2. The number of aromatic nitrogens is 2. The summed E-state index contributed by atoms with van der Waals surface area (Å²) in [5.41, 5.74) is 16.2. The maximum Gasteiger partial charge on any atom is 0.321 e. The molecule has 0 unspecified atom stereocenters. The van der Waals surface area contributed by atoms with E-state index in [1.807, 2.05) is 6.92 Å². The molecule has 0 aromatic carbocycles. The molecule has 2 aromatic heterocycles. The lowest BCUT2D eigenvalue weighted by Crippen LogP contribution is -2.32. The molecule has 1 aliphatic heterocycles. The van der Waals surface area contributed by atoms with Gasteiger partial charge in [-0.25, -0.2) is 4.79 Å². The summed E-state index contributed by atoms with van der Waals surface area (Å²) in [5, 5.41) is 2.88. The third kappa shape index (κ3) is 4.78. The normalized spacial score (nSPS) is 14.7. The minimum Gasteiger partial charge on any atom is -0.404 e. The molecule has 0 spiro atoms. The number of nitrogens with one attached hydrogen (secondary N) is 1. The number of carbonyl (C=O) groups is 2. The van der Waals surface area contributed by atoms with E-state index >= 15 is 0 Å². The fourth-order valence-electron chi connectivity index (χ4n) is 3.18. The molecule has 0 aliphatic carbocycles. The maximum absolute atomic E-state index is 12.3. The van der Waals surface area contributed by atoms with Gasteiger partial charge in [0.05, 0.1) is 11.9 Å². The Bertz CT molecular complexity index is 977. The molecule has 0 atom stereocenters. The Balaban J connectivity index is 1.85. The third-order valence-corrected chi connectivity index (χ3v) is 4.77. The van der Waals surface area contributed by atoms with Gasteiger partial charge in [-0.15, -0.1) is 0 Å². The second-order valence-corrected chi connectivity index (χ2v) is 6.79. The van der Waals surface area contributed by atoms with E-state index in [9.17, 15) is 9.59 Å². The predicted molar refractivity (Wildman–Crippen MR) is 113 cm³/mol. The number of anilines is 1. The quantitative estimate of drug-likeness (QED) is 0.530. The van der Waals surface area contributed by atoms with Crippen LogP contribution in [0.25, 0.3) is 11.3 Å². The number of likely N-dealkylation sites (tertiary alicyclic amines) is 1. The van der Waals surface area contributed by atoms with E-state index in [0.29, 0.717) is 34.5 Å². The summed E-state index contributed by atoms with van der Waals surface area (Å²) in [6.45, 7) is 3.36. The molecule has 1 aliphatic rings. The second kappa shape index (κ2) is 9.01. The van der Waals surface area contributed by atoms with E-state index in [-0.39, 0.29) is 6.03 Å². The number of carbonyl (C=O) groups excluding carboxylic acids is 2. The van der Waals surface area contributed by atoms with E-state index in [1.54, 1.807) is 35.4 Å². The topological polar surface area (TPSA) is 127 Å². The highest BCUT2D eigenvalue weighted by atomic mass is 16.2. The smallest absolute Gasteiger partial charge is 0.321 e. The van der Waals surface area contributed by atoms with Gasteiger partial charge in [-0.2, -0.15) is 0 Å². The van der Waals surface area contributed by atoms with Crippen molar-refractivity contribution in [2.75, 3.05) is 18.4 Å². The van der Waals surface area contributed by atoms with Crippen LogP contribution >= 0.6 is 0 Å². The number of hydrogen-bond donors (Lipinski definition) is 3. The summed E-state index contributed by atoms with van der Waals surface area (Å²) < 4.78 is 0. The van der Waals surface area contributed by atoms with Gasteiger partial charge < -0.3 is 21.7 Å². The average molecular weight is 392 g/mol. The van der Waals surface area contributed by atoms with Gasteiger partial charge in [0.25, 0.3) is 0 Å². The van der Waals surface area contributed by atoms with Crippen LogP contribution in [0.15, 0.2) is 42.9 Å². The molecule has 3 heterocycles. The minimum atomic E-state index is -0.137. The monoisotopic (exact) mass is 392 g/mol. The average Bonchev–Trinajstić information content (AvgIpc) is 3.28. The first-order chi connectivity index (χ1) is 14.0. The first-order valence-corrected chi connectivity index (χ1v) is 9.35. The van der Waals surface area contributed by atoms with Crippen LogP contribution in [0.3, 0.4) is 0 Å². The number of nitrogens with zero attached hydrogens (tertiary/aromatic N) is 3. The molecule has 0 bridgehead atoms. The van der Waals surface area contributed by atoms with Crippen molar-refractivity contribution in [1.29, 1.82) is 0 Å². The first-order valence-electron chi connectivity index (χ1n) is 9.35. The zero-order chi connectivity index (χ0) is 20.8. The Morgan fingerprint density at radius 3 is 2.69 bits per heavy atom. The highest BCUT2D eigenvalue weighted by molar-refractivity contribution is 5.90. The van der Waals surface area contributed by atoms with Gasteiger partial charge in [-0.1, -0.05) is 0 Å². The van der Waals surface area contributed by atoms with Crippen molar-refractivity contribution in [2.24, 2.45) is 11.5 Å². The van der Waals surface area contributed by atoms with Crippen LogP contribution in [0.2, 0.25) is 0 Å². The Morgan fingerprint density at radius 2 is 2.00 bits per heavy atom. The van der Waals surface area contributed by atoms with Gasteiger partial charge in [-0.3, -0.25) is 14.8 Å². The van der Waals surface area contributed by atoms with Crippen LogP contribution in [0.4, 0.5) is 10.5 Å². The van der Waals surface area contributed by atoms with Gasteiger partial charge in [0.1, 0.15) is 5.69 Å². The number of allylic oxidation sites excluding steroid dienone is 2. The van der Waals surface area contributed by atoms with E-state index in [0.717, 1.165) is 37.2 Å². The van der Waals surface area contributed by atoms with Crippen LogP contribution in [0.5, 0.6) is 0 Å². The first kappa shape index (κ1) is 20.1. The van der Waals surface area contributed by atoms with Crippen molar-refractivity contribution in [2.45, 2.75) is 19.8 Å². The number of rotatable bonds is 5. The molecule has 8 nitrogen and oxygen atoms in total. The summed E-state index contributed by atoms with van der Waals surface area (Å²) >= 11 is 0. The highest BCUT2D eigenvalue weighted by Gasteiger charge is 2.18. The number of hydrogen-bond acceptors (Lipinski definition) is 6. The highest BCUT2D eigenvalue weighted by Crippen LogP contribution is 2.23. The zero-order valence-electron chi connectivity index (χ0n) is 16.3. The molecule has 0 radical (unpaired) electrons. The minimum absolute atomic E-state index is 0.137. The van der Waals surface area contributed by atoms with E-state index in [4.69, 9.17) is 11.5 Å². The Kier molecular flexibility index (Phi) is 6.23. The van der Waals surface area contributed by atoms with Crippen LogP contribution in [0.1, 0.15) is 40.2 Å². The fourth-order valence-corrected chi connectivity index (χ4v) is 3.18. The van der Waals surface area contributed by atoms with Crippen LogP contribution in [-0.4, -0.2) is 40.3 Å². The van der Waals surface area contributed by atoms with E-state index in [1.165, 1.54) is 12.4 Å². The van der Waals surface area contributed by atoms with Crippen molar-refractivity contribution in [3.63, 3.8) is 0 Å². The molecule has 5 N–H and O–H groups in total. The molecule has 2 amide bonds. The number of nitrogens with two attached hydrogens (primary N) is 2. The molecule has 0 saturated carbocycles. The van der Waals surface area contributed by atoms with E-state index in [2.05, 4.69) is 15.3 Å². The lowest BCUT2D eigenvalue weighted by molar-refractivity contribution is 0.111. The molecule has 2 aromatic rings. The molecular weight excluding hydrogens is 368 g/mol. The summed E-state index contributed by atoms with van der Waals surface area (Å²) in [7, 11) is 0. The van der Waals surface area contributed by atoms with Gasteiger partial charge in [0.2, 0.25) is 0 Å². The van der Waals surface area contributed by atoms with Crippen molar-refractivity contribution in [3.8, 4) is 0 Å². The Labute approximate surface area is 169 Å². The van der Waals surface area contributed by atoms with Gasteiger partial charge >= 0.3 is 6.03 Å². The number of urea groups is 1. The Hall–Kier alpha value is -3.68.